The third-order valence-corrected chi connectivity index (χ3v) is 3.30. The zero-order valence-corrected chi connectivity index (χ0v) is 12.2. The summed E-state index contributed by atoms with van der Waals surface area (Å²) in [6, 6.07) is 4.14. The SMILES string of the molecule is COC(=O)C(O)CNC(=O)c1cc(SC)ccc1[N+](=O)[O-]. The van der Waals surface area contributed by atoms with Crippen LogP contribution in [0.2, 0.25) is 0 Å². The van der Waals surface area contributed by atoms with Crippen LogP contribution in [0.5, 0.6) is 0 Å². The summed E-state index contributed by atoms with van der Waals surface area (Å²) in [5, 5.41) is 22.5. The van der Waals surface area contributed by atoms with E-state index >= 15 is 0 Å². The summed E-state index contributed by atoms with van der Waals surface area (Å²) in [6.45, 7) is -0.397. The number of benzene rings is 1. The first-order valence-electron chi connectivity index (χ1n) is 5.77. The number of ether oxygens (including phenoxy) is 1. The average molecular weight is 314 g/mol. The molecule has 0 bridgehead atoms. The summed E-state index contributed by atoms with van der Waals surface area (Å²) in [6.07, 6.45) is 0.242. The van der Waals surface area contributed by atoms with Gasteiger partial charge in [0.1, 0.15) is 5.56 Å². The van der Waals surface area contributed by atoms with Gasteiger partial charge in [-0.05, 0) is 18.4 Å². The largest absolute Gasteiger partial charge is 0.467 e. The first kappa shape index (κ1) is 16.9. The van der Waals surface area contributed by atoms with Crippen LogP contribution in [0.3, 0.4) is 0 Å². The highest BCUT2D eigenvalue weighted by atomic mass is 32.2. The maximum Gasteiger partial charge on any atom is 0.336 e. The van der Waals surface area contributed by atoms with E-state index in [4.69, 9.17) is 0 Å². The van der Waals surface area contributed by atoms with Crippen LogP contribution in [-0.2, 0) is 9.53 Å². The Labute approximate surface area is 124 Å². The van der Waals surface area contributed by atoms with Crippen LogP contribution in [0, 0.1) is 10.1 Å². The standard InChI is InChI=1S/C12H14N2O6S/c1-20-12(17)10(15)6-13-11(16)8-5-7(21-2)3-4-9(8)14(18)19/h3-5,10,15H,6H2,1-2H3,(H,13,16). The van der Waals surface area contributed by atoms with Gasteiger partial charge in [0, 0.05) is 11.0 Å². The molecule has 0 saturated heterocycles. The highest BCUT2D eigenvalue weighted by Gasteiger charge is 2.22. The molecule has 9 heteroatoms. The molecule has 21 heavy (non-hydrogen) atoms. The lowest BCUT2D eigenvalue weighted by molar-refractivity contribution is -0.385. The Balaban J connectivity index is 2.90. The number of amides is 1. The van der Waals surface area contributed by atoms with Gasteiger partial charge in [0.25, 0.3) is 11.6 Å². The predicted octanol–water partition coefficient (Wildman–Crippen LogP) is 0.580. The maximum absolute atomic E-state index is 12.0. The lowest BCUT2D eigenvalue weighted by atomic mass is 10.1. The number of rotatable bonds is 6. The van der Waals surface area contributed by atoms with E-state index in [1.54, 1.807) is 6.26 Å². The van der Waals surface area contributed by atoms with Crippen LogP contribution >= 0.6 is 11.8 Å². The summed E-state index contributed by atoms with van der Waals surface area (Å²) >= 11 is 1.33. The van der Waals surface area contributed by atoms with Crippen LogP contribution in [0.25, 0.3) is 0 Å². The Morgan fingerprint density at radius 2 is 2.19 bits per heavy atom. The Morgan fingerprint density at radius 1 is 1.52 bits per heavy atom. The van der Waals surface area contributed by atoms with E-state index in [0.29, 0.717) is 4.90 Å². The van der Waals surface area contributed by atoms with E-state index < -0.39 is 29.4 Å². The molecule has 0 aromatic heterocycles. The molecule has 0 fully saturated rings. The summed E-state index contributed by atoms with van der Waals surface area (Å²) < 4.78 is 4.30. The lowest BCUT2D eigenvalue weighted by Gasteiger charge is -2.10. The monoisotopic (exact) mass is 314 g/mol. The number of esters is 1. The van der Waals surface area contributed by atoms with Gasteiger partial charge >= 0.3 is 5.97 Å². The molecule has 8 nitrogen and oxygen atoms in total. The summed E-state index contributed by atoms with van der Waals surface area (Å²) in [7, 11) is 1.10. The zero-order valence-electron chi connectivity index (χ0n) is 11.4. The minimum atomic E-state index is -1.53. The number of aliphatic hydroxyl groups excluding tert-OH is 1. The smallest absolute Gasteiger partial charge is 0.336 e. The Kier molecular flexibility index (Phi) is 6.12. The zero-order chi connectivity index (χ0) is 16.0. The molecule has 1 unspecified atom stereocenters. The molecule has 0 heterocycles. The fourth-order valence-corrected chi connectivity index (χ4v) is 1.93. The number of aliphatic hydroxyl groups is 1. The van der Waals surface area contributed by atoms with Crippen LogP contribution in [0.15, 0.2) is 23.1 Å². The Hall–Kier alpha value is -2.13. The van der Waals surface area contributed by atoms with Gasteiger partial charge in [-0.3, -0.25) is 14.9 Å². The molecule has 1 aromatic carbocycles. The van der Waals surface area contributed by atoms with Gasteiger partial charge in [0.2, 0.25) is 0 Å². The maximum atomic E-state index is 12.0. The van der Waals surface area contributed by atoms with E-state index in [9.17, 15) is 24.8 Å². The van der Waals surface area contributed by atoms with E-state index in [2.05, 4.69) is 10.1 Å². The number of carbonyl (C=O) groups is 2. The number of nitro benzene ring substituents is 1. The lowest BCUT2D eigenvalue weighted by Crippen LogP contribution is -2.37. The quantitative estimate of drug-likeness (QED) is 0.341. The van der Waals surface area contributed by atoms with Crippen molar-refractivity contribution in [3.8, 4) is 0 Å². The fourth-order valence-electron chi connectivity index (χ4n) is 1.49. The van der Waals surface area contributed by atoms with E-state index in [1.807, 2.05) is 0 Å². The minimum absolute atomic E-state index is 0.135. The van der Waals surface area contributed by atoms with Crippen molar-refractivity contribution in [3.05, 3.63) is 33.9 Å². The number of hydrogen-bond donors (Lipinski definition) is 2. The molecule has 0 aliphatic carbocycles. The van der Waals surface area contributed by atoms with Crippen LogP contribution in [-0.4, -0.2) is 47.9 Å². The van der Waals surface area contributed by atoms with Gasteiger partial charge in [0.15, 0.2) is 6.10 Å². The summed E-state index contributed by atoms with van der Waals surface area (Å²) in [5.74, 6) is -1.65. The van der Waals surface area contributed by atoms with Gasteiger partial charge in [-0.2, -0.15) is 0 Å². The third-order valence-electron chi connectivity index (χ3n) is 2.57. The van der Waals surface area contributed by atoms with Gasteiger partial charge in [0.05, 0.1) is 18.6 Å². The summed E-state index contributed by atoms with van der Waals surface area (Å²) in [4.78, 5) is 33.9. The van der Waals surface area contributed by atoms with Gasteiger partial charge in [-0.1, -0.05) is 0 Å². The van der Waals surface area contributed by atoms with Crippen molar-refractivity contribution in [1.29, 1.82) is 0 Å². The van der Waals surface area contributed by atoms with Gasteiger partial charge < -0.3 is 15.2 Å². The average Bonchev–Trinajstić information content (AvgIpc) is 2.50. The molecular formula is C12H14N2O6S. The van der Waals surface area contributed by atoms with Crippen molar-refractivity contribution in [3.63, 3.8) is 0 Å². The summed E-state index contributed by atoms with van der Waals surface area (Å²) in [5.41, 5.74) is -0.484. The van der Waals surface area contributed by atoms with E-state index in [-0.39, 0.29) is 11.3 Å². The van der Waals surface area contributed by atoms with Crippen molar-refractivity contribution in [1.82, 2.24) is 5.32 Å². The molecule has 0 radical (unpaired) electrons. The van der Waals surface area contributed by atoms with Crippen LogP contribution < -0.4 is 5.32 Å². The first-order valence-corrected chi connectivity index (χ1v) is 6.99. The molecule has 0 spiro atoms. The second-order valence-electron chi connectivity index (χ2n) is 3.89. The number of methoxy groups -OCH3 is 1. The second-order valence-corrected chi connectivity index (χ2v) is 4.77. The number of hydrogen-bond acceptors (Lipinski definition) is 7. The van der Waals surface area contributed by atoms with Crippen LogP contribution in [0.1, 0.15) is 10.4 Å². The second kappa shape index (κ2) is 7.60. The number of carbonyl (C=O) groups excluding carboxylic acids is 2. The van der Waals surface area contributed by atoms with Crippen molar-refractivity contribution >= 4 is 29.3 Å². The van der Waals surface area contributed by atoms with Crippen molar-refractivity contribution in [2.24, 2.45) is 0 Å². The highest BCUT2D eigenvalue weighted by molar-refractivity contribution is 7.98. The molecule has 1 rings (SSSR count). The Bertz CT molecular complexity index is 563. The van der Waals surface area contributed by atoms with Crippen molar-refractivity contribution < 1.29 is 24.4 Å². The van der Waals surface area contributed by atoms with Crippen LogP contribution in [0.4, 0.5) is 5.69 Å². The number of nitro groups is 1. The van der Waals surface area contributed by atoms with Gasteiger partial charge in [-0.15, -0.1) is 11.8 Å². The molecule has 2 N–H and O–H groups in total. The topological polar surface area (TPSA) is 119 Å². The normalized spacial score (nSPS) is 11.6. The molecule has 1 atom stereocenters. The number of thioether (sulfide) groups is 1. The molecular weight excluding hydrogens is 300 g/mol. The molecule has 0 saturated carbocycles. The third kappa shape index (κ3) is 4.43. The molecule has 1 aromatic rings. The van der Waals surface area contributed by atoms with E-state index in [0.717, 1.165) is 7.11 Å². The fraction of sp³-hybridized carbons (Fsp3) is 0.333. The highest BCUT2D eigenvalue weighted by Crippen LogP contribution is 2.24. The first-order chi connectivity index (χ1) is 9.90. The van der Waals surface area contributed by atoms with Crippen molar-refractivity contribution in [2.75, 3.05) is 19.9 Å². The van der Waals surface area contributed by atoms with Crippen molar-refractivity contribution in [2.45, 2.75) is 11.0 Å². The van der Waals surface area contributed by atoms with Gasteiger partial charge in [-0.25, -0.2) is 4.79 Å². The number of nitrogens with zero attached hydrogens (tertiary/aromatic N) is 1. The molecule has 0 aliphatic heterocycles. The molecule has 1 amide bonds. The predicted molar refractivity (Wildman–Crippen MR) is 75.2 cm³/mol. The molecule has 114 valence electrons. The Morgan fingerprint density at radius 3 is 2.71 bits per heavy atom. The number of nitrogens with one attached hydrogen (secondary N) is 1. The minimum Gasteiger partial charge on any atom is -0.467 e. The molecule has 0 aliphatic rings. The van der Waals surface area contributed by atoms with E-state index in [1.165, 1.54) is 30.0 Å².